The van der Waals surface area contributed by atoms with Crippen LogP contribution < -0.4 is 5.32 Å². The van der Waals surface area contributed by atoms with Crippen LogP contribution in [0.1, 0.15) is 39.0 Å². The normalized spacial score (nSPS) is 25.9. The number of hydrogen-bond acceptors (Lipinski definition) is 3. The van der Waals surface area contributed by atoms with E-state index in [0.717, 1.165) is 12.8 Å². The molecule has 1 saturated heterocycles. The lowest BCUT2D eigenvalue weighted by molar-refractivity contribution is -0.130. The van der Waals surface area contributed by atoms with Crippen LogP contribution in [-0.2, 0) is 14.3 Å². The van der Waals surface area contributed by atoms with Crippen LogP contribution in [0.4, 0.5) is 0 Å². The van der Waals surface area contributed by atoms with Crippen molar-refractivity contribution >= 4 is 11.8 Å². The van der Waals surface area contributed by atoms with Gasteiger partial charge in [-0.25, -0.2) is 0 Å². The second-order valence-electron chi connectivity index (χ2n) is 5.75. The Labute approximate surface area is 114 Å². The molecule has 0 aromatic rings. The zero-order valence-electron chi connectivity index (χ0n) is 11.9. The summed E-state index contributed by atoms with van der Waals surface area (Å²) in [7, 11) is 1.61. The maximum absolute atomic E-state index is 12.1. The summed E-state index contributed by atoms with van der Waals surface area (Å²) in [5.74, 6) is -0.0581. The van der Waals surface area contributed by atoms with E-state index in [0.29, 0.717) is 25.6 Å². The first-order valence-electron chi connectivity index (χ1n) is 7.20. The molecule has 1 heterocycles. The molecule has 5 heteroatoms. The fourth-order valence-corrected chi connectivity index (χ4v) is 3.13. The number of ether oxygens (including phenoxy) is 1. The van der Waals surface area contributed by atoms with Crippen LogP contribution in [0.2, 0.25) is 0 Å². The Kier molecular flexibility index (Phi) is 4.80. The monoisotopic (exact) mass is 268 g/mol. The molecule has 0 bridgehead atoms. The molecule has 0 radical (unpaired) electrons. The second kappa shape index (κ2) is 6.37. The predicted octanol–water partition coefficient (Wildman–Crippen LogP) is 0.929. The van der Waals surface area contributed by atoms with Gasteiger partial charge in [-0.05, 0) is 19.8 Å². The highest BCUT2D eigenvalue weighted by atomic mass is 16.5. The summed E-state index contributed by atoms with van der Waals surface area (Å²) in [4.78, 5) is 26.0. The number of carbonyl (C=O) groups excluding carboxylic acids is 2. The van der Waals surface area contributed by atoms with Gasteiger partial charge >= 0.3 is 0 Å². The summed E-state index contributed by atoms with van der Waals surface area (Å²) in [6.07, 6.45) is 4.97. The van der Waals surface area contributed by atoms with E-state index in [1.54, 1.807) is 7.11 Å². The lowest BCUT2D eigenvalue weighted by atomic mass is 10.1. The lowest BCUT2D eigenvalue weighted by Gasteiger charge is -2.24. The molecule has 1 aliphatic heterocycles. The van der Waals surface area contributed by atoms with Gasteiger partial charge in [0.1, 0.15) is 0 Å². The zero-order valence-corrected chi connectivity index (χ0v) is 11.9. The zero-order chi connectivity index (χ0) is 13.8. The Morgan fingerprint density at radius 1 is 1.47 bits per heavy atom. The van der Waals surface area contributed by atoms with Crippen molar-refractivity contribution in [2.45, 2.75) is 51.1 Å². The first-order chi connectivity index (χ1) is 9.11. The molecule has 1 saturated carbocycles. The Hall–Kier alpha value is -1.10. The Morgan fingerprint density at radius 2 is 2.16 bits per heavy atom. The molecule has 2 aliphatic rings. The van der Waals surface area contributed by atoms with Crippen molar-refractivity contribution in [2.24, 2.45) is 5.92 Å². The van der Waals surface area contributed by atoms with E-state index in [-0.39, 0.29) is 23.8 Å². The highest BCUT2D eigenvalue weighted by molar-refractivity contribution is 5.89. The third kappa shape index (κ3) is 3.47. The number of rotatable bonds is 5. The number of nitrogens with zero attached hydrogens (tertiary/aromatic N) is 1. The van der Waals surface area contributed by atoms with Gasteiger partial charge in [-0.15, -0.1) is 0 Å². The second-order valence-corrected chi connectivity index (χ2v) is 5.75. The minimum Gasteiger partial charge on any atom is -0.383 e. The molecule has 0 spiro atoms. The van der Waals surface area contributed by atoms with Crippen LogP contribution >= 0.6 is 0 Å². The van der Waals surface area contributed by atoms with Crippen molar-refractivity contribution in [3.05, 3.63) is 0 Å². The molecule has 19 heavy (non-hydrogen) atoms. The number of hydrogen-bond donors (Lipinski definition) is 1. The molecule has 0 aromatic heterocycles. The van der Waals surface area contributed by atoms with Gasteiger partial charge in [-0.3, -0.25) is 9.59 Å². The van der Waals surface area contributed by atoms with Crippen LogP contribution in [0.5, 0.6) is 0 Å². The fraction of sp³-hybridized carbons (Fsp3) is 0.857. The molecule has 2 amide bonds. The van der Waals surface area contributed by atoms with Crippen LogP contribution in [0, 0.1) is 5.92 Å². The van der Waals surface area contributed by atoms with Crippen LogP contribution in [-0.4, -0.2) is 49.1 Å². The van der Waals surface area contributed by atoms with Crippen LogP contribution in [0.3, 0.4) is 0 Å². The summed E-state index contributed by atoms with van der Waals surface area (Å²) < 4.78 is 5.00. The largest absolute Gasteiger partial charge is 0.383 e. The van der Waals surface area contributed by atoms with Crippen molar-refractivity contribution in [2.75, 3.05) is 20.3 Å². The van der Waals surface area contributed by atoms with Gasteiger partial charge in [0.15, 0.2) is 0 Å². The summed E-state index contributed by atoms with van der Waals surface area (Å²) in [6, 6.07) is 0.370. The Morgan fingerprint density at radius 3 is 2.79 bits per heavy atom. The van der Waals surface area contributed by atoms with E-state index in [4.69, 9.17) is 4.74 Å². The van der Waals surface area contributed by atoms with Gasteiger partial charge in [0, 0.05) is 32.2 Å². The van der Waals surface area contributed by atoms with Gasteiger partial charge in [-0.2, -0.15) is 0 Å². The average molecular weight is 268 g/mol. The van der Waals surface area contributed by atoms with Gasteiger partial charge < -0.3 is 15.0 Å². The summed E-state index contributed by atoms with van der Waals surface area (Å²) in [5, 5.41) is 2.91. The van der Waals surface area contributed by atoms with Crippen molar-refractivity contribution in [1.82, 2.24) is 10.2 Å². The first-order valence-corrected chi connectivity index (χ1v) is 7.20. The van der Waals surface area contributed by atoms with E-state index in [1.807, 2.05) is 11.8 Å². The van der Waals surface area contributed by atoms with Gasteiger partial charge in [-0.1, -0.05) is 12.8 Å². The quantitative estimate of drug-likeness (QED) is 0.807. The molecule has 1 aliphatic carbocycles. The predicted molar refractivity (Wildman–Crippen MR) is 71.6 cm³/mol. The number of methoxy groups -OCH3 is 1. The molecule has 108 valence electrons. The lowest BCUT2D eigenvalue weighted by Crippen LogP contribution is -2.41. The summed E-state index contributed by atoms with van der Waals surface area (Å²) >= 11 is 0. The third-order valence-corrected chi connectivity index (χ3v) is 4.10. The summed E-state index contributed by atoms with van der Waals surface area (Å²) in [6.45, 7) is 3.00. The Bertz CT molecular complexity index is 340. The number of likely N-dealkylation sites (tertiary alicyclic amines) is 1. The average Bonchev–Trinajstić information content (AvgIpc) is 2.97. The van der Waals surface area contributed by atoms with Crippen LogP contribution in [0.25, 0.3) is 0 Å². The minimum atomic E-state index is -0.188. The molecule has 1 N–H and O–H groups in total. The van der Waals surface area contributed by atoms with E-state index >= 15 is 0 Å². The van der Waals surface area contributed by atoms with Crippen molar-refractivity contribution in [3.63, 3.8) is 0 Å². The first kappa shape index (κ1) is 14.3. The number of carbonyl (C=O) groups is 2. The molecule has 2 fully saturated rings. The fourth-order valence-electron chi connectivity index (χ4n) is 3.13. The highest BCUT2D eigenvalue weighted by Gasteiger charge is 2.38. The topological polar surface area (TPSA) is 58.6 Å². The molecule has 0 aromatic carbocycles. The molecular formula is C14H24N2O3. The van der Waals surface area contributed by atoms with Gasteiger partial charge in [0.25, 0.3) is 0 Å². The smallest absolute Gasteiger partial charge is 0.225 e. The molecule has 5 nitrogen and oxygen atoms in total. The minimum absolute atomic E-state index is 0.00636. The summed E-state index contributed by atoms with van der Waals surface area (Å²) in [5.41, 5.74) is 0. The maximum Gasteiger partial charge on any atom is 0.225 e. The van der Waals surface area contributed by atoms with Crippen LogP contribution in [0.15, 0.2) is 0 Å². The molecular weight excluding hydrogens is 244 g/mol. The van der Waals surface area contributed by atoms with E-state index < -0.39 is 0 Å². The number of nitrogens with one attached hydrogen (secondary N) is 1. The SMILES string of the molecule is COC[C@H](C)NC(=O)[C@@H]1CC(=O)N(C2CCCC2)C1. The maximum atomic E-state index is 12.1. The number of amides is 2. The van der Waals surface area contributed by atoms with E-state index in [9.17, 15) is 9.59 Å². The van der Waals surface area contributed by atoms with Gasteiger partial charge in [0.05, 0.1) is 12.5 Å². The third-order valence-electron chi connectivity index (χ3n) is 4.10. The molecule has 0 unspecified atom stereocenters. The van der Waals surface area contributed by atoms with Gasteiger partial charge in [0.2, 0.25) is 11.8 Å². The molecule has 2 rings (SSSR count). The standard InChI is InChI=1S/C14H24N2O3/c1-10(9-19-2)15-14(18)11-7-13(17)16(8-11)12-5-3-4-6-12/h10-12H,3-9H2,1-2H3,(H,15,18)/t10-,11+/m0/s1. The Balaban J connectivity index is 1.85. The molecule has 2 atom stereocenters. The van der Waals surface area contributed by atoms with Crippen molar-refractivity contribution in [1.29, 1.82) is 0 Å². The highest BCUT2D eigenvalue weighted by Crippen LogP contribution is 2.29. The van der Waals surface area contributed by atoms with E-state index in [2.05, 4.69) is 5.32 Å². The van der Waals surface area contributed by atoms with Crippen molar-refractivity contribution < 1.29 is 14.3 Å². The van der Waals surface area contributed by atoms with Crippen molar-refractivity contribution in [3.8, 4) is 0 Å². The van der Waals surface area contributed by atoms with E-state index in [1.165, 1.54) is 12.8 Å².